The van der Waals surface area contributed by atoms with E-state index in [9.17, 15) is 22.0 Å². The average molecular weight is 445 g/mol. The van der Waals surface area contributed by atoms with Gasteiger partial charge in [-0.3, -0.25) is 10.2 Å². The molecule has 0 radical (unpaired) electrons. The van der Waals surface area contributed by atoms with E-state index in [-0.39, 0.29) is 16.7 Å². The van der Waals surface area contributed by atoms with Crippen LogP contribution in [0.1, 0.15) is 23.2 Å². The van der Waals surface area contributed by atoms with Crippen LogP contribution in [0.4, 0.5) is 8.78 Å². The lowest BCUT2D eigenvalue weighted by Crippen LogP contribution is -2.44. The molecule has 0 unspecified atom stereocenters. The highest BCUT2D eigenvalue weighted by molar-refractivity contribution is 7.89. The second-order valence-corrected chi connectivity index (χ2v) is 8.90. The lowest BCUT2D eigenvalue weighted by Gasteiger charge is -2.21. The zero-order valence-corrected chi connectivity index (χ0v) is 16.8. The third kappa shape index (κ3) is 5.72. The first kappa shape index (κ1) is 21.6. The maximum Gasteiger partial charge on any atom is 0.269 e. The van der Waals surface area contributed by atoms with Crippen LogP contribution < -0.4 is 10.3 Å². The number of nitrogens with one attached hydrogen (secondary N) is 2. The zero-order valence-electron chi connectivity index (χ0n) is 15.3. The molecule has 10 heteroatoms. The fourth-order valence-corrected chi connectivity index (χ4v) is 4.55. The molecule has 1 saturated heterocycles. The van der Waals surface area contributed by atoms with Gasteiger partial charge in [-0.1, -0.05) is 23.7 Å². The Balaban J connectivity index is 1.74. The second kappa shape index (κ2) is 9.17. The Morgan fingerprint density at radius 3 is 2.55 bits per heavy atom. The average Bonchev–Trinajstić information content (AvgIpc) is 2.68. The van der Waals surface area contributed by atoms with E-state index in [1.807, 2.05) is 10.3 Å². The van der Waals surface area contributed by atoms with Crippen molar-refractivity contribution in [1.29, 1.82) is 0 Å². The number of ether oxygens (including phenoxy) is 1. The predicted octanol–water partition coefficient (Wildman–Crippen LogP) is 3.28. The molecule has 3 rings (SSSR count). The van der Waals surface area contributed by atoms with Gasteiger partial charge in [0.25, 0.3) is 5.91 Å². The van der Waals surface area contributed by atoms with Gasteiger partial charge in [-0.25, -0.2) is 17.2 Å². The van der Waals surface area contributed by atoms with Crippen LogP contribution in [0.5, 0.6) is 0 Å². The van der Waals surface area contributed by atoms with E-state index in [0.717, 1.165) is 0 Å². The number of hydrazine groups is 1. The lowest BCUT2D eigenvalue weighted by molar-refractivity contribution is 0.0722. The summed E-state index contributed by atoms with van der Waals surface area (Å²) in [5, 5.41) is -0.345. The highest BCUT2D eigenvalue weighted by Gasteiger charge is 2.23. The first-order valence-corrected chi connectivity index (χ1v) is 10.9. The van der Waals surface area contributed by atoms with Crippen molar-refractivity contribution in [3.63, 3.8) is 0 Å². The Kier molecular flexibility index (Phi) is 6.84. The molecule has 29 heavy (non-hydrogen) atoms. The maximum atomic E-state index is 14.4. The molecule has 1 aliphatic heterocycles. The number of sulfonamides is 1. The van der Waals surface area contributed by atoms with Crippen molar-refractivity contribution < 1.29 is 26.7 Å². The largest absolute Gasteiger partial charge is 0.381 e. The van der Waals surface area contributed by atoms with E-state index in [1.54, 1.807) is 6.07 Å². The fraction of sp³-hybridized carbons (Fsp3) is 0.316. The van der Waals surface area contributed by atoms with Crippen LogP contribution >= 0.6 is 11.6 Å². The first-order chi connectivity index (χ1) is 13.7. The van der Waals surface area contributed by atoms with Gasteiger partial charge in [0.2, 0.25) is 10.0 Å². The van der Waals surface area contributed by atoms with Crippen molar-refractivity contribution in [2.24, 2.45) is 5.92 Å². The highest BCUT2D eigenvalue weighted by Crippen LogP contribution is 2.28. The van der Waals surface area contributed by atoms with Gasteiger partial charge in [-0.2, -0.15) is 0 Å². The topological polar surface area (TPSA) is 84.5 Å². The van der Waals surface area contributed by atoms with Gasteiger partial charge < -0.3 is 4.74 Å². The van der Waals surface area contributed by atoms with Gasteiger partial charge >= 0.3 is 0 Å². The summed E-state index contributed by atoms with van der Waals surface area (Å²) in [5.74, 6) is -2.79. The van der Waals surface area contributed by atoms with Gasteiger partial charge in [-0.05, 0) is 54.2 Å². The van der Waals surface area contributed by atoms with Crippen molar-refractivity contribution >= 4 is 27.5 Å². The molecule has 2 aromatic rings. The minimum absolute atomic E-state index is 0.0827. The lowest BCUT2D eigenvalue weighted by atomic mass is 10.0. The minimum Gasteiger partial charge on any atom is -0.381 e. The van der Waals surface area contributed by atoms with Crippen molar-refractivity contribution in [2.45, 2.75) is 12.8 Å². The molecule has 2 N–H and O–H groups in total. The van der Waals surface area contributed by atoms with E-state index >= 15 is 0 Å². The summed E-state index contributed by atoms with van der Waals surface area (Å²) in [7, 11) is -3.82. The normalized spacial score (nSPS) is 15.3. The monoisotopic (exact) mass is 444 g/mol. The Morgan fingerprint density at radius 1 is 1.14 bits per heavy atom. The number of hydrogen-bond donors (Lipinski definition) is 2. The van der Waals surface area contributed by atoms with Crippen LogP contribution in [0.2, 0.25) is 5.02 Å². The predicted molar refractivity (Wildman–Crippen MR) is 105 cm³/mol. The van der Waals surface area contributed by atoms with E-state index in [4.69, 9.17) is 16.3 Å². The number of hydrogen-bond acceptors (Lipinski definition) is 4. The zero-order chi connectivity index (χ0) is 21.0. The first-order valence-electron chi connectivity index (χ1n) is 8.88. The van der Waals surface area contributed by atoms with E-state index in [0.29, 0.717) is 37.2 Å². The summed E-state index contributed by atoms with van der Waals surface area (Å²) >= 11 is 5.87. The smallest absolute Gasteiger partial charge is 0.269 e. The third-order valence-electron chi connectivity index (χ3n) is 4.55. The summed E-state index contributed by atoms with van der Waals surface area (Å²) in [5.41, 5.74) is 2.24. The molecule has 0 bridgehead atoms. The molecular weight excluding hydrogens is 426 g/mol. The Hall–Kier alpha value is -2.07. The molecule has 0 spiro atoms. The molecular formula is C19H19ClF2N2O4S. The molecule has 2 aromatic carbocycles. The number of benzene rings is 2. The minimum atomic E-state index is -3.82. The molecule has 0 aromatic heterocycles. The Bertz CT molecular complexity index is 1010. The molecule has 156 valence electrons. The number of carbonyl (C=O) groups excluding carboxylic acids is 1. The number of rotatable bonds is 6. The fourth-order valence-electron chi connectivity index (χ4n) is 3.05. The van der Waals surface area contributed by atoms with Crippen LogP contribution in [-0.2, 0) is 14.8 Å². The molecule has 1 amide bonds. The van der Waals surface area contributed by atoms with Gasteiger partial charge in [0.05, 0.1) is 16.3 Å². The van der Waals surface area contributed by atoms with E-state index in [1.165, 1.54) is 30.3 Å². The molecule has 0 saturated carbocycles. The molecule has 1 heterocycles. The van der Waals surface area contributed by atoms with E-state index in [2.05, 4.69) is 0 Å². The maximum absolute atomic E-state index is 14.4. The van der Waals surface area contributed by atoms with Crippen molar-refractivity contribution in [3.8, 4) is 11.1 Å². The van der Waals surface area contributed by atoms with Crippen LogP contribution in [-0.4, -0.2) is 33.3 Å². The van der Waals surface area contributed by atoms with Gasteiger partial charge in [0.15, 0.2) is 5.82 Å². The van der Waals surface area contributed by atoms with Gasteiger partial charge in [0.1, 0.15) is 5.82 Å². The summed E-state index contributed by atoms with van der Waals surface area (Å²) < 4.78 is 57.4. The van der Waals surface area contributed by atoms with Crippen LogP contribution in [0.15, 0.2) is 36.4 Å². The quantitative estimate of drug-likeness (QED) is 0.670. The van der Waals surface area contributed by atoms with Crippen molar-refractivity contribution in [3.05, 3.63) is 58.6 Å². The van der Waals surface area contributed by atoms with Gasteiger partial charge in [0, 0.05) is 13.2 Å². The summed E-state index contributed by atoms with van der Waals surface area (Å²) in [4.78, 5) is 14.4. The SMILES string of the molecule is O=C(NNS(=O)(=O)CC1CCOCC1)c1cc(-c2cccc(F)c2)cc(Cl)c1F. The molecule has 1 fully saturated rings. The Morgan fingerprint density at radius 2 is 1.86 bits per heavy atom. The van der Waals surface area contributed by atoms with E-state index < -0.39 is 33.1 Å². The van der Waals surface area contributed by atoms with Crippen LogP contribution in [0.3, 0.4) is 0 Å². The number of halogens is 3. The molecule has 0 atom stereocenters. The number of amides is 1. The summed E-state index contributed by atoms with van der Waals surface area (Å²) in [6.45, 7) is 0.978. The van der Waals surface area contributed by atoms with Crippen molar-refractivity contribution in [1.82, 2.24) is 10.3 Å². The number of carbonyl (C=O) groups is 1. The summed E-state index contributed by atoms with van der Waals surface area (Å²) in [6.07, 6.45) is 1.21. The highest BCUT2D eigenvalue weighted by atomic mass is 35.5. The third-order valence-corrected chi connectivity index (χ3v) is 6.15. The molecule has 1 aliphatic rings. The van der Waals surface area contributed by atoms with Gasteiger partial charge in [-0.15, -0.1) is 4.83 Å². The Labute approximate surface area is 172 Å². The summed E-state index contributed by atoms with van der Waals surface area (Å²) in [6, 6.07) is 7.93. The molecule has 6 nitrogen and oxygen atoms in total. The standard InChI is InChI=1S/C19H19ClF2N2O4S/c20-17-10-14(13-2-1-3-15(21)8-13)9-16(18(17)22)19(25)23-24-29(26,27)11-12-4-6-28-7-5-12/h1-3,8-10,12,24H,4-7,11H2,(H,23,25). The van der Waals surface area contributed by atoms with Crippen LogP contribution in [0, 0.1) is 17.6 Å². The molecule has 0 aliphatic carbocycles. The second-order valence-electron chi connectivity index (χ2n) is 6.72. The van der Waals surface area contributed by atoms with Crippen molar-refractivity contribution in [2.75, 3.05) is 19.0 Å². The van der Waals surface area contributed by atoms with Crippen LogP contribution in [0.25, 0.3) is 11.1 Å².